The number of rotatable bonds is 5. The molecule has 0 unspecified atom stereocenters. The molecule has 0 saturated heterocycles. The maximum absolute atomic E-state index is 12.7. The molecule has 1 heterocycles. The fourth-order valence-electron chi connectivity index (χ4n) is 2.95. The molecule has 0 atom stereocenters. The van der Waals surface area contributed by atoms with E-state index in [1.165, 1.54) is 18.8 Å². The summed E-state index contributed by atoms with van der Waals surface area (Å²) in [6, 6.07) is 0. The van der Waals surface area contributed by atoms with Gasteiger partial charge in [0.2, 0.25) is 5.78 Å². The lowest BCUT2D eigenvalue weighted by Gasteiger charge is -2.20. The lowest BCUT2D eigenvalue weighted by Crippen LogP contribution is -2.34. The largest absolute Gasteiger partial charge is 0.492 e. The fraction of sp³-hybridized carbons (Fsp3) is 0.474. The van der Waals surface area contributed by atoms with Crippen LogP contribution in [0.2, 0.25) is 0 Å². The van der Waals surface area contributed by atoms with Crippen LogP contribution in [0.3, 0.4) is 0 Å². The number of fused-ring (bicyclic) bond motifs is 1. The number of allylic oxidation sites excluding steroid dienone is 2. The first-order chi connectivity index (χ1) is 13.0. The molecule has 2 rings (SSSR count). The number of alkyl carbamates (subject to hydrolysis) is 1. The highest BCUT2D eigenvalue weighted by Gasteiger charge is 2.37. The number of hydrogen-bond acceptors (Lipinski definition) is 7. The van der Waals surface area contributed by atoms with Crippen LogP contribution in [-0.4, -0.2) is 54.6 Å². The number of carbonyl (C=O) groups is 4. The molecule has 0 bridgehead atoms. The molecule has 9 nitrogen and oxygen atoms in total. The van der Waals surface area contributed by atoms with Crippen molar-refractivity contribution in [3.8, 4) is 0 Å². The molecule has 0 aliphatic heterocycles. The summed E-state index contributed by atoms with van der Waals surface area (Å²) >= 11 is 0. The summed E-state index contributed by atoms with van der Waals surface area (Å²) in [6.45, 7) is 7.08. The van der Waals surface area contributed by atoms with Crippen molar-refractivity contribution in [1.29, 1.82) is 0 Å². The van der Waals surface area contributed by atoms with E-state index in [1.807, 2.05) is 0 Å². The SMILES string of the molecule is COC(=O)c1c2c(n(CCNC(=O)OC(C)(C)C)c1C)C(=O)C(OC)=CC2=O. The summed E-state index contributed by atoms with van der Waals surface area (Å²) in [6.07, 6.45) is 0.444. The van der Waals surface area contributed by atoms with E-state index in [4.69, 9.17) is 14.2 Å². The van der Waals surface area contributed by atoms with E-state index < -0.39 is 29.2 Å². The van der Waals surface area contributed by atoms with Crippen molar-refractivity contribution in [2.45, 2.75) is 39.8 Å². The topological polar surface area (TPSA) is 113 Å². The Morgan fingerprint density at radius 1 is 1.18 bits per heavy atom. The Morgan fingerprint density at radius 2 is 1.82 bits per heavy atom. The number of hydrogen-bond donors (Lipinski definition) is 1. The van der Waals surface area contributed by atoms with E-state index >= 15 is 0 Å². The summed E-state index contributed by atoms with van der Waals surface area (Å²) in [5, 5.41) is 2.59. The third-order valence-electron chi connectivity index (χ3n) is 4.08. The monoisotopic (exact) mass is 392 g/mol. The van der Waals surface area contributed by atoms with Crippen molar-refractivity contribution in [1.82, 2.24) is 9.88 Å². The van der Waals surface area contributed by atoms with E-state index in [2.05, 4.69) is 5.32 Å². The van der Waals surface area contributed by atoms with Gasteiger partial charge in [0.25, 0.3) is 0 Å². The second-order valence-electron chi connectivity index (χ2n) is 7.16. The van der Waals surface area contributed by atoms with E-state index in [9.17, 15) is 19.2 Å². The highest BCUT2D eigenvalue weighted by molar-refractivity contribution is 6.26. The summed E-state index contributed by atoms with van der Waals surface area (Å²) in [5.41, 5.74) is -0.221. The molecule has 0 radical (unpaired) electrons. The maximum Gasteiger partial charge on any atom is 0.407 e. The van der Waals surface area contributed by atoms with Gasteiger partial charge in [-0.3, -0.25) is 9.59 Å². The Kier molecular flexibility index (Phi) is 5.96. The molecule has 1 aliphatic carbocycles. The first-order valence-electron chi connectivity index (χ1n) is 8.64. The highest BCUT2D eigenvalue weighted by Crippen LogP contribution is 2.30. The smallest absolute Gasteiger partial charge is 0.407 e. The zero-order valence-electron chi connectivity index (χ0n) is 16.8. The number of nitrogens with one attached hydrogen (secondary N) is 1. The van der Waals surface area contributed by atoms with Gasteiger partial charge in [0.1, 0.15) is 11.3 Å². The molecule has 0 fully saturated rings. The Labute approximate surface area is 162 Å². The van der Waals surface area contributed by atoms with Gasteiger partial charge in [-0.15, -0.1) is 0 Å². The number of esters is 1. The van der Waals surface area contributed by atoms with Crippen molar-refractivity contribution in [3.63, 3.8) is 0 Å². The van der Waals surface area contributed by atoms with E-state index in [0.717, 1.165) is 6.08 Å². The molecule has 1 aromatic rings. The molecule has 1 aromatic heterocycles. The van der Waals surface area contributed by atoms with Crippen LogP contribution in [-0.2, 0) is 20.8 Å². The van der Waals surface area contributed by atoms with Crippen LogP contribution in [0.4, 0.5) is 4.79 Å². The minimum absolute atomic E-state index is 0.0209. The van der Waals surface area contributed by atoms with Crippen LogP contribution in [0.25, 0.3) is 0 Å². The molecular weight excluding hydrogens is 368 g/mol. The molecule has 0 aromatic carbocycles. The molecule has 152 valence electrons. The van der Waals surface area contributed by atoms with Crippen LogP contribution in [0.1, 0.15) is 57.7 Å². The van der Waals surface area contributed by atoms with E-state index in [1.54, 1.807) is 27.7 Å². The van der Waals surface area contributed by atoms with Gasteiger partial charge in [-0.1, -0.05) is 0 Å². The third kappa shape index (κ3) is 4.08. The molecule has 0 saturated carbocycles. The summed E-state index contributed by atoms with van der Waals surface area (Å²) in [4.78, 5) is 49.3. The van der Waals surface area contributed by atoms with Crippen molar-refractivity contribution in [3.05, 3.63) is 34.3 Å². The quantitative estimate of drug-likeness (QED) is 0.763. The molecule has 1 N–H and O–H groups in total. The number of Topliss-reactive ketones (excluding diaryl/α,β-unsaturated/α-hetero) is 1. The van der Waals surface area contributed by atoms with Gasteiger partial charge in [-0.25, -0.2) is 9.59 Å². The predicted molar refractivity (Wildman–Crippen MR) is 98.5 cm³/mol. The number of ketones is 2. The van der Waals surface area contributed by atoms with E-state index in [0.29, 0.717) is 5.69 Å². The van der Waals surface area contributed by atoms with Crippen molar-refractivity contribution >= 4 is 23.6 Å². The summed E-state index contributed by atoms with van der Waals surface area (Å²) < 4.78 is 16.4. The highest BCUT2D eigenvalue weighted by atomic mass is 16.6. The minimum atomic E-state index is -0.719. The van der Waals surface area contributed by atoms with Crippen molar-refractivity contribution < 1.29 is 33.4 Å². The molecular formula is C19H24N2O7. The second-order valence-corrected chi connectivity index (χ2v) is 7.16. The lowest BCUT2D eigenvalue weighted by atomic mass is 9.96. The van der Waals surface area contributed by atoms with Gasteiger partial charge in [0.05, 0.1) is 25.3 Å². The number of ether oxygens (including phenoxy) is 3. The third-order valence-corrected chi connectivity index (χ3v) is 4.08. The predicted octanol–water partition coefficient (Wildman–Crippen LogP) is 2.02. The standard InChI is InChI=1S/C19H24N2O7/c1-10-13(17(24)27-6)14-11(22)9-12(26-5)16(23)15(14)21(10)8-7-20-18(25)28-19(2,3)4/h9H,7-8H2,1-6H3,(H,20,25). The van der Waals surface area contributed by atoms with Crippen molar-refractivity contribution in [2.24, 2.45) is 0 Å². The number of methoxy groups -OCH3 is 2. The summed E-state index contributed by atoms with van der Waals surface area (Å²) in [7, 11) is 2.48. The van der Waals surface area contributed by atoms with E-state index in [-0.39, 0.29) is 35.7 Å². The minimum Gasteiger partial charge on any atom is -0.492 e. The van der Waals surface area contributed by atoms with Crippen molar-refractivity contribution in [2.75, 3.05) is 20.8 Å². The molecule has 28 heavy (non-hydrogen) atoms. The Morgan fingerprint density at radius 3 is 2.36 bits per heavy atom. The average molecular weight is 392 g/mol. The average Bonchev–Trinajstić information content (AvgIpc) is 2.89. The number of carbonyl (C=O) groups excluding carboxylic acids is 4. The number of aromatic nitrogens is 1. The van der Waals surface area contributed by atoms with Crippen LogP contribution in [0, 0.1) is 6.92 Å². The van der Waals surface area contributed by atoms with Gasteiger partial charge in [0.15, 0.2) is 11.5 Å². The van der Waals surface area contributed by atoms with Crippen LogP contribution in [0.5, 0.6) is 0 Å². The maximum atomic E-state index is 12.7. The van der Waals surface area contributed by atoms with Gasteiger partial charge < -0.3 is 24.1 Å². The molecule has 1 aliphatic rings. The Hall–Kier alpha value is -3.10. The second kappa shape index (κ2) is 7.87. The van der Waals surface area contributed by atoms with Crippen LogP contribution in [0.15, 0.2) is 11.8 Å². The van der Waals surface area contributed by atoms with Gasteiger partial charge in [-0.05, 0) is 27.7 Å². The zero-order chi connectivity index (χ0) is 21.2. The molecule has 1 amide bonds. The van der Waals surface area contributed by atoms with Gasteiger partial charge >= 0.3 is 12.1 Å². The van der Waals surface area contributed by atoms with Gasteiger partial charge in [0, 0.05) is 24.9 Å². The Bertz CT molecular complexity index is 872. The van der Waals surface area contributed by atoms with Gasteiger partial charge in [-0.2, -0.15) is 0 Å². The first kappa shape index (κ1) is 21.2. The lowest BCUT2D eigenvalue weighted by molar-refractivity contribution is 0.0524. The molecule has 0 spiro atoms. The fourth-order valence-corrected chi connectivity index (χ4v) is 2.95. The zero-order valence-corrected chi connectivity index (χ0v) is 16.8. The first-order valence-corrected chi connectivity index (χ1v) is 8.64. The van der Waals surface area contributed by atoms with Crippen LogP contribution >= 0.6 is 0 Å². The van der Waals surface area contributed by atoms with Crippen LogP contribution < -0.4 is 5.32 Å². The summed E-state index contributed by atoms with van der Waals surface area (Å²) in [5.74, 6) is -1.88. The number of nitrogens with zero attached hydrogens (tertiary/aromatic N) is 1. The Balaban J connectivity index is 2.38. The molecule has 9 heteroatoms. The number of amides is 1. The normalized spacial score (nSPS) is 13.6.